The van der Waals surface area contributed by atoms with Gasteiger partial charge in [0.2, 0.25) is 0 Å². The van der Waals surface area contributed by atoms with E-state index in [1.54, 1.807) is 0 Å². The van der Waals surface area contributed by atoms with Crippen LogP contribution in [0.1, 0.15) is 19.9 Å². The van der Waals surface area contributed by atoms with Crippen LogP contribution in [0, 0.1) is 0 Å². The molecule has 2 rings (SSSR count). The second kappa shape index (κ2) is 2.80. The lowest BCUT2D eigenvalue weighted by molar-refractivity contribution is 0.623. The summed E-state index contributed by atoms with van der Waals surface area (Å²) in [5.41, 5.74) is 7.93. The Morgan fingerprint density at radius 3 is 2.69 bits per heavy atom. The summed E-state index contributed by atoms with van der Waals surface area (Å²) in [7, 11) is 0. The molecule has 0 aliphatic heterocycles. The van der Waals surface area contributed by atoms with Gasteiger partial charge >= 0.3 is 0 Å². The lowest BCUT2D eigenvalue weighted by Crippen LogP contribution is -2.00. The Balaban J connectivity index is 2.79. The molecule has 0 saturated heterocycles. The van der Waals surface area contributed by atoms with E-state index in [0.29, 0.717) is 6.04 Å². The van der Waals surface area contributed by atoms with E-state index in [1.165, 1.54) is 5.39 Å². The van der Waals surface area contributed by atoms with Crippen LogP contribution in [0.25, 0.3) is 10.9 Å². The molecule has 1 aromatic heterocycles. The van der Waals surface area contributed by atoms with Crippen LogP contribution in [0.15, 0.2) is 30.5 Å². The van der Waals surface area contributed by atoms with Gasteiger partial charge in [0.05, 0.1) is 11.2 Å². The van der Waals surface area contributed by atoms with Crippen LogP contribution in [-0.4, -0.2) is 4.57 Å². The maximum Gasteiger partial charge on any atom is 0.0716 e. The van der Waals surface area contributed by atoms with Crippen molar-refractivity contribution in [2.75, 3.05) is 5.73 Å². The molecule has 2 N–H and O–H groups in total. The Morgan fingerprint density at radius 1 is 1.23 bits per heavy atom. The summed E-state index contributed by atoms with van der Waals surface area (Å²) in [6, 6.07) is 8.59. The average Bonchev–Trinajstić information content (AvgIpc) is 2.49. The van der Waals surface area contributed by atoms with Crippen molar-refractivity contribution in [1.82, 2.24) is 4.57 Å². The van der Waals surface area contributed by atoms with E-state index in [0.717, 1.165) is 11.2 Å². The van der Waals surface area contributed by atoms with E-state index in [-0.39, 0.29) is 0 Å². The van der Waals surface area contributed by atoms with Crippen LogP contribution in [0.2, 0.25) is 0 Å². The van der Waals surface area contributed by atoms with Gasteiger partial charge in [0.1, 0.15) is 0 Å². The van der Waals surface area contributed by atoms with E-state index in [1.807, 2.05) is 12.1 Å². The number of hydrogen-bond acceptors (Lipinski definition) is 1. The van der Waals surface area contributed by atoms with Gasteiger partial charge in [-0.1, -0.05) is 12.1 Å². The van der Waals surface area contributed by atoms with Gasteiger partial charge in [-0.05, 0) is 26.0 Å². The molecule has 0 unspecified atom stereocenters. The molecule has 0 aliphatic carbocycles. The number of nitrogens with zero attached hydrogens (tertiary/aromatic N) is 1. The van der Waals surface area contributed by atoms with E-state index in [2.05, 4.69) is 36.7 Å². The lowest BCUT2D eigenvalue weighted by atomic mass is 10.2. The van der Waals surface area contributed by atoms with Crippen molar-refractivity contribution in [3.8, 4) is 0 Å². The summed E-state index contributed by atoms with van der Waals surface area (Å²) in [6.07, 6.45) is 2.09. The van der Waals surface area contributed by atoms with Crippen LogP contribution in [0.5, 0.6) is 0 Å². The first kappa shape index (κ1) is 8.17. The summed E-state index contributed by atoms with van der Waals surface area (Å²) in [4.78, 5) is 0. The van der Waals surface area contributed by atoms with Crippen molar-refractivity contribution in [1.29, 1.82) is 0 Å². The van der Waals surface area contributed by atoms with Gasteiger partial charge in [0.15, 0.2) is 0 Å². The fourth-order valence-electron chi connectivity index (χ4n) is 1.68. The fraction of sp³-hybridized carbons (Fsp3) is 0.273. The number of benzene rings is 1. The van der Waals surface area contributed by atoms with Gasteiger partial charge in [0.25, 0.3) is 0 Å². The maximum absolute atomic E-state index is 5.92. The predicted octanol–water partition coefficient (Wildman–Crippen LogP) is 2.80. The molecule has 0 atom stereocenters. The third-order valence-corrected chi connectivity index (χ3v) is 2.33. The van der Waals surface area contributed by atoms with E-state index in [9.17, 15) is 0 Å². The monoisotopic (exact) mass is 174 g/mol. The molecule has 0 aliphatic rings. The first-order valence-corrected chi connectivity index (χ1v) is 4.55. The first-order chi connectivity index (χ1) is 6.20. The number of nitrogens with two attached hydrogens (primary N) is 1. The van der Waals surface area contributed by atoms with Crippen molar-refractivity contribution in [2.24, 2.45) is 0 Å². The summed E-state index contributed by atoms with van der Waals surface area (Å²) >= 11 is 0. The van der Waals surface area contributed by atoms with Crippen LogP contribution >= 0.6 is 0 Å². The number of nitrogen functional groups attached to an aromatic ring is 1. The van der Waals surface area contributed by atoms with Crippen LogP contribution in [0.4, 0.5) is 5.69 Å². The zero-order valence-electron chi connectivity index (χ0n) is 7.99. The molecule has 1 aromatic carbocycles. The second-order valence-electron chi connectivity index (χ2n) is 3.60. The molecule has 0 amide bonds. The Hall–Kier alpha value is -1.44. The SMILES string of the molecule is CC(C)n1ccc2cccc(N)c21. The summed E-state index contributed by atoms with van der Waals surface area (Å²) < 4.78 is 2.20. The molecule has 2 heteroatoms. The van der Waals surface area contributed by atoms with E-state index < -0.39 is 0 Å². The first-order valence-electron chi connectivity index (χ1n) is 4.55. The molecule has 0 spiro atoms. The van der Waals surface area contributed by atoms with Gasteiger partial charge in [-0.25, -0.2) is 0 Å². The van der Waals surface area contributed by atoms with Gasteiger partial charge < -0.3 is 10.3 Å². The van der Waals surface area contributed by atoms with Crippen molar-refractivity contribution >= 4 is 16.6 Å². The number of anilines is 1. The van der Waals surface area contributed by atoms with Crippen LogP contribution < -0.4 is 5.73 Å². The minimum absolute atomic E-state index is 0.460. The molecule has 0 radical (unpaired) electrons. The minimum atomic E-state index is 0.460. The molecule has 0 saturated carbocycles. The van der Waals surface area contributed by atoms with Crippen LogP contribution in [-0.2, 0) is 0 Å². The molecular weight excluding hydrogens is 160 g/mol. The maximum atomic E-state index is 5.92. The summed E-state index contributed by atoms with van der Waals surface area (Å²) in [5, 5.41) is 1.22. The van der Waals surface area contributed by atoms with Crippen LogP contribution in [0.3, 0.4) is 0 Å². The molecule has 13 heavy (non-hydrogen) atoms. The molecule has 68 valence electrons. The fourth-order valence-corrected chi connectivity index (χ4v) is 1.68. The zero-order chi connectivity index (χ0) is 9.42. The zero-order valence-corrected chi connectivity index (χ0v) is 7.99. The Labute approximate surface area is 78.0 Å². The summed E-state index contributed by atoms with van der Waals surface area (Å²) in [5.74, 6) is 0. The number of para-hydroxylation sites is 1. The highest BCUT2D eigenvalue weighted by atomic mass is 15.0. The Kier molecular flexibility index (Phi) is 1.76. The molecule has 1 heterocycles. The number of hydrogen-bond donors (Lipinski definition) is 1. The predicted molar refractivity (Wildman–Crippen MR) is 56.7 cm³/mol. The highest BCUT2D eigenvalue weighted by Gasteiger charge is 2.05. The quantitative estimate of drug-likeness (QED) is 0.662. The van der Waals surface area contributed by atoms with Crippen molar-refractivity contribution in [3.63, 3.8) is 0 Å². The average molecular weight is 174 g/mol. The topological polar surface area (TPSA) is 30.9 Å². The molecule has 0 bridgehead atoms. The third-order valence-electron chi connectivity index (χ3n) is 2.33. The number of fused-ring (bicyclic) bond motifs is 1. The second-order valence-corrected chi connectivity index (χ2v) is 3.60. The molecular formula is C11H14N2. The van der Waals surface area contributed by atoms with Crippen molar-refractivity contribution in [2.45, 2.75) is 19.9 Å². The highest BCUT2D eigenvalue weighted by molar-refractivity contribution is 5.90. The normalized spacial score (nSPS) is 11.3. The van der Waals surface area contributed by atoms with Gasteiger partial charge in [0, 0.05) is 17.6 Å². The summed E-state index contributed by atoms with van der Waals surface area (Å²) in [6.45, 7) is 4.32. The van der Waals surface area contributed by atoms with E-state index >= 15 is 0 Å². The Morgan fingerprint density at radius 2 is 2.00 bits per heavy atom. The van der Waals surface area contributed by atoms with Gasteiger partial charge in [-0.15, -0.1) is 0 Å². The Bertz CT molecular complexity index is 427. The van der Waals surface area contributed by atoms with Crippen molar-refractivity contribution < 1.29 is 0 Å². The minimum Gasteiger partial charge on any atom is -0.397 e. The largest absolute Gasteiger partial charge is 0.397 e. The highest BCUT2D eigenvalue weighted by Crippen LogP contribution is 2.24. The molecule has 0 fully saturated rings. The number of rotatable bonds is 1. The van der Waals surface area contributed by atoms with Crippen molar-refractivity contribution in [3.05, 3.63) is 30.5 Å². The van der Waals surface area contributed by atoms with Gasteiger partial charge in [-0.3, -0.25) is 0 Å². The molecule has 2 nitrogen and oxygen atoms in total. The standard InChI is InChI=1S/C11H14N2/c1-8(2)13-7-6-9-4-3-5-10(12)11(9)13/h3-8H,12H2,1-2H3. The smallest absolute Gasteiger partial charge is 0.0716 e. The molecule has 2 aromatic rings. The number of aromatic nitrogens is 1. The van der Waals surface area contributed by atoms with E-state index in [4.69, 9.17) is 5.73 Å². The lowest BCUT2D eigenvalue weighted by Gasteiger charge is -2.10. The third kappa shape index (κ3) is 1.18. The van der Waals surface area contributed by atoms with Gasteiger partial charge in [-0.2, -0.15) is 0 Å².